The maximum atomic E-state index is 11.0. The normalized spacial score (nSPS) is 11.7. The van der Waals surface area contributed by atoms with Gasteiger partial charge in [-0.05, 0) is 25.1 Å². The van der Waals surface area contributed by atoms with E-state index in [1.807, 2.05) is 12.1 Å². The van der Waals surface area contributed by atoms with Gasteiger partial charge in [-0.25, -0.2) is 8.42 Å². The summed E-state index contributed by atoms with van der Waals surface area (Å²) in [4.78, 5) is 4.08. The molecule has 0 aliphatic rings. The zero-order chi connectivity index (χ0) is 14.4. The van der Waals surface area contributed by atoms with Crippen molar-refractivity contribution in [2.45, 2.75) is 13.0 Å². The number of aromatic nitrogens is 3. The SMILES string of the molecule is CS(=O)(=O)CCCNCc1cn[nH]c1-c1cccnc1. The second kappa shape index (κ2) is 6.62. The lowest BCUT2D eigenvalue weighted by molar-refractivity contribution is 0.594. The molecule has 0 bridgehead atoms. The number of nitrogens with one attached hydrogen (secondary N) is 2. The predicted molar refractivity (Wildman–Crippen MR) is 77.9 cm³/mol. The van der Waals surface area contributed by atoms with Crippen LogP contribution in [0, 0.1) is 0 Å². The molecule has 0 fully saturated rings. The minimum Gasteiger partial charge on any atom is -0.313 e. The van der Waals surface area contributed by atoms with Gasteiger partial charge < -0.3 is 5.32 Å². The third-order valence-corrected chi connectivity index (χ3v) is 3.88. The Morgan fingerprint density at radius 3 is 2.90 bits per heavy atom. The number of rotatable bonds is 7. The van der Waals surface area contributed by atoms with Gasteiger partial charge in [-0.1, -0.05) is 0 Å². The quantitative estimate of drug-likeness (QED) is 0.744. The van der Waals surface area contributed by atoms with Crippen LogP contribution in [0.3, 0.4) is 0 Å². The van der Waals surface area contributed by atoms with Crippen molar-refractivity contribution in [3.8, 4) is 11.3 Å². The van der Waals surface area contributed by atoms with E-state index >= 15 is 0 Å². The zero-order valence-corrected chi connectivity index (χ0v) is 12.2. The molecule has 0 radical (unpaired) electrons. The molecule has 108 valence electrons. The molecule has 2 aromatic rings. The van der Waals surface area contributed by atoms with Crippen LogP contribution in [0.1, 0.15) is 12.0 Å². The van der Waals surface area contributed by atoms with E-state index in [-0.39, 0.29) is 5.75 Å². The number of pyridine rings is 1. The summed E-state index contributed by atoms with van der Waals surface area (Å²) in [6.45, 7) is 1.30. The number of sulfone groups is 1. The Kier molecular flexibility index (Phi) is 4.86. The van der Waals surface area contributed by atoms with E-state index in [2.05, 4.69) is 20.5 Å². The van der Waals surface area contributed by atoms with E-state index in [4.69, 9.17) is 0 Å². The molecule has 2 aromatic heterocycles. The van der Waals surface area contributed by atoms with Crippen LogP contribution < -0.4 is 5.32 Å². The first-order valence-electron chi connectivity index (χ1n) is 6.37. The molecule has 0 unspecified atom stereocenters. The van der Waals surface area contributed by atoms with Gasteiger partial charge in [0.2, 0.25) is 0 Å². The molecule has 7 heteroatoms. The zero-order valence-electron chi connectivity index (χ0n) is 11.3. The highest BCUT2D eigenvalue weighted by molar-refractivity contribution is 7.90. The van der Waals surface area contributed by atoms with Gasteiger partial charge in [0, 0.05) is 36.3 Å². The van der Waals surface area contributed by atoms with Gasteiger partial charge >= 0.3 is 0 Å². The number of hydrogen-bond donors (Lipinski definition) is 2. The van der Waals surface area contributed by atoms with Crippen molar-refractivity contribution in [3.63, 3.8) is 0 Å². The third-order valence-electron chi connectivity index (χ3n) is 2.85. The molecular formula is C13H18N4O2S. The summed E-state index contributed by atoms with van der Waals surface area (Å²) in [6, 6.07) is 3.84. The van der Waals surface area contributed by atoms with Crippen molar-refractivity contribution in [1.29, 1.82) is 0 Å². The molecule has 0 spiro atoms. The van der Waals surface area contributed by atoms with Crippen molar-refractivity contribution >= 4 is 9.84 Å². The summed E-state index contributed by atoms with van der Waals surface area (Å²) in [6.07, 6.45) is 7.14. The highest BCUT2D eigenvalue weighted by Crippen LogP contribution is 2.19. The maximum absolute atomic E-state index is 11.0. The Hall–Kier alpha value is -1.73. The molecule has 0 amide bonds. The lowest BCUT2D eigenvalue weighted by atomic mass is 10.1. The van der Waals surface area contributed by atoms with Crippen LogP contribution >= 0.6 is 0 Å². The summed E-state index contributed by atoms with van der Waals surface area (Å²) < 4.78 is 22.0. The summed E-state index contributed by atoms with van der Waals surface area (Å²) in [5.41, 5.74) is 2.96. The highest BCUT2D eigenvalue weighted by atomic mass is 32.2. The van der Waals surface area contributed by atoms with E-state index in [1.165, 1.54) is 6.26 Å². The summed E-state index contributed by atoms with van der Waals surface area (Å²) in [5.74, 6) is 0.209. The predicted octanol–water partition coefficient (Wildman–Crippen LogP) is 0.996. The fourth-order valence-electron chi connectivity index (χ4n) is 1.89. The van der Waals surface area contributed by atoms with Crippen LogP contribution in [0.25, 0.3) is 11.3 Å². The van der Waals surface area contributed by atoms with Gasteiger partial charge in [0.1, 0.15) is 9.84 Å². The van der Waals surface area contributed by atoms with Crippen molar-refractivity contribution in [2.75, 3.05) is 18.6 Å². The lowest BCUT2D eigenvalue weighted by Gasteiger charge is -2.05. The number of H-pyrrole nitrogens is 1. The van der Waals surface area contributed by atoms with Gasteiger partial charge in [-0.15, -0.1) is 0 Å². The molecule has 0 aliphatic carbocycles. The summed E-state index contributed by atoms with van der Waals surface area (Å²) in [5, 5.41) is 10.2. The van der Waals surface area contributed by atoms with Crippen molar-refractivity contribution in [3.05, 3.63) is 36.3 Å². The van der Waals surface area contributed by atoms with E-state index < -0.39 is 9.84 Å². The maximum Gasteiger partial charge on any atom is 0.147 e. The second-order valence-electron chi connectivity index (χ2n) is 4.67. The monoisotopic (exact) mass is 294 g/mol. The first-order chi connectivity index (χ1) is 9.56. The van der Waals surface area contributed by atoms with Gasteiger partial charge in [0.05, 0.1) is 17.6 Å². The molecule has 0 saturated carbocycles. The molecule has 2 rings (SSSR count). The van der Waals surface area contributed by atoms with Crippen molar-refractivity contribution in [2.24, 2.45) is 0 Å². The molecular weight excluding hydrogens is 276 g/mol. The number of nitrogens with zero attached hydrogens (tertiary/aromatic N) is 2. The third kappa shape index (κ3) is 4.43. The van der Waals surface area contributed by atoms with E-state index in [0.717, 1.165) is 16.8 Å². The Balaban J connectivity index is 1.87. The first-order valence-corrected chi connectivity index (χ1v) is 8.43. The van der Waals surface area contributed by atoms with Gasteiger partial charge in [-0.2, -0.15) is 5.10 Å². The summed E-state index contributed by atoms with van der Waals surface area (Å²) >= 11 is 0. The Morgan fingerprint density at radius 2 is 2.20 bits per heavy atom. The van der Waals surface area contributed by atoms with E-state index in [0.29, 0.717) is 19.5 Å². The second-order valence-corrected chi connectivity index (χ2v) is 6.93. The Labute approximate surface area is 118 Å². The average molecular weight is 294 g/mol. The fourth-order valence-corrected chi connectivity index (χ4v) is 2.56. The highest BCUT2D eigenvalue weighted by Gasteiger charge is 2.07. The largest absolute Gasteiger partial charge is 0.313 e. The number of hydrogen-bond acceptors (Lipinski definition) is 5. The van der Waals surface area contributed by atoms with Gasteiger partial charge in [0.15, 0.2) is 0 Å². The topological polar surface area (TPSA) is 87.7 Å². The van der Waals surface area contributed by atoms with Crippen molar-refractivity contribution < 1.29 is 8.42 Å². The molecule has 20 heavy (non-hydrogen) atoms. The Morgan fingerprint density at radius 1 is 1.35 bits per heavy atom. The van der Waals surface area contributed by atoms with Crippen LogP contribution in [-0.4, -0.2) is 42.2 Å². The van der Waals surface area contributed by atoms with Crippen LogP contribution in [0.15, 0.2) is 30.7 Å². The van der Waals surface area contributed by atoms with Gasteiger partial charge in [0.25, 0.3) is 0 Å². The van der Waals surface area contributed by atoms with Crippen LogP contribution in [-0.2, 0) is 16.4 Å². The first kappa shape index (κ1) is 14.7. The minimum absolute atomic E-state index is 0.209. The Bertz CT molecular complexity index is 637. The summed E-state index contributed by atoms with van der Waals surface area (Å²) in [7, 11) is -2.88. The standard InChI is InChI=1S/C13H18N4O2S/c1-20(18,19)7-3-6-15-9-12-10-16-17-13(12)11-4-2-5-14-8-11/h2,4-5,8,10,15H,3,6-7,9H2,1H3,(H,16,17). The van der Waals surface area contributed by atoms with E-state index in [9.17, 15) is 8.42 Å². The van der Waals surface area contributed by atoms with E-state index in [1.54, 1.807) is 18.6 Å². The molecule has 0 aliphatic heterocycles. The molecule has 0 saturated heterocycles. The van der Waals surface area contributed by atoms with Crippen LogP contribution in [0.2, 0.25) is 0 Å². The molecule has 6 nitrogen and oxygen atoms in total. The van der Waals surface area contributed by atoms with Crippen molar-refractivity contribution in [1.82, 2.24) is 20.5 Å². The fraction of sp³-hybridized carbons (Fsp3) is 0.385. The van der Waals surface area contributed by atoms with Crippen LogP contribution in [0.5, 0.6) is 0 Å². The smallest absolute Gasteiger partial charge is 0.147 e. The molecule has 0 atom stereocenters. The van der Waals surface area contributed by atoms with Gasteiger partial charge in [-0.3, -0.25) is 10.1 Å². The molecule has 2 N–H and O–H groups in total. The molecule has 2 heterocycles. The number of aromatic amines is 1. The minimum atomic E-state index is -2.88. The molecule has 0 aromatic carbocycles. The van der Waals surface area contributed by atoms with Crippen LogP contribution in [0.4, 0.5) is 0 Å². The average Bonchev–Trinajstić information content (AvgIpc) is 2.86. The lowest BCUT2D eigenvalue weighted by Crippen LogP contribution is -2.18.